The number of ether oxygens (including phenoxy) is 1. The molecule has 10 atom stereocenters. The van der Waals surface area contributed by atoms with E-state index in [1.165, 1.54) is 7.11 Å². The van der Waals surface area contributed by atoms with Crippen molar-refractivity contribution in [2.75, 3.05) is 7.11 Å². The van der Waals surface area contributed by atoms with Crippen molar-refractivity contribution in [3.05, 3.63) is 0 Å². The molecule has 0 radical (unpaired) electrons. The Labute approximate surface area is 180 Å². The lowest BCUT2D eigenvalue weighted by Gasteiger charge is -2.61. The predicted molar refractivity (Wildman–Crippen MR) is 113 cm³/mol. The molecular formula is C25H40O5. The number of hydrogen-bond donors (Lipinski definition) is 2. The molecule has 4 aliphatic rings. The Bertz CT molecular complexity index is 691. The standard InChI is InChI=1S/C25H40O5/c1-14(5-8-22(29)30-4)17-6-7-18-23-19(13-21(28)25(17,18)3)24(2)10-9-16(26)11-15(24)12-20(23)27/h14-19,21,23,26,28H,5-13H2,1-4H3/t14-,15+,16-,17-,18+,19-,21+,23-,24+,25-/m1/s1. The number of ketones is 1. The zero-order valence-corrected chi connectivity index (χ0v) is 19.1. The minimum atomic E-state index is -0.410. The number of aliphatic hydroxyl groups is 2. The van der Waals surface area contributed by atoms with Gasteiger partial charge in [0.25, 0.3) is 0 Å². The van der Waals surface area contributed by atoms with Crippen LogP contribution in [0.4, 0.5) is 0 Å². The molecule has 4 fully saturated rings. The molecule has 0 aliphatic heterocycles. The van der Waals surface area contributed by atoms with Gasteiger partial charge in [-0.25, -0.2) is 0 Å². The van der Waals surface area contributed by atoms with Crippen LogP contribution in [0.1, 0.15) is 78.6 Å². The van der Waals surface area contributed by atoms with E-state index in [-0.39, 0.29) is 46.6 Å². The molecule has 5 nitrogen and oxygen atoms in total. The largest absolute Gasteiger partial charge is 0.469 e. The summed E-state index contributed by atoms with van der Waals surface area (Å²) in [7, 11) is 1.43. The van der Waals surface area contributed by atoms with Crippen molar-refractivity contribution in [1.29, 1.82) is 0 Å². The van der Waals surface area contributed by atoms with Gasteiger partial charge in [0.1, 0.15) is 5.78 Å². The Hall–Kier alpha value is -0.940. The number of Topliss-reactive ketones (excluding diaryl/α,β-unsaturated/α-hetero) is 1. The van der Waals surface area contributed by atoms with Gasteiger partial charge in [-0.15, -0.1) is 0 Å². The van der Waals surface area contributed by atoms with Gasteiger partial charge in [-0.05, 0) is 80.0 Å². The van der Waals surface area contributed by atoms with E-state index in [1.807, 2.05) is 0 Å². The summed E-state index contributed by atoms with van der Waals surface area (Å²) in [5, 5.41) is 21.7. The van der Waals surface area contributed by atoms with Crippen molar-refractivity contribution in [3.8, 4) is 0 Å². The summed E-state index contributed by atoms with van der Waals surface area (Å²) in [6, 6.07) is 0. The lowest BCUT2D eigenvalue weighted by Crippen LogP contribution is -2.61. The van der Waals surface area contributed by atoms with Crippen LogP contribution in [-0.4, -0.2) is 41.3 Å². The summed E-state index contributed by atoms with van der Waals surface area (Å²) in [5.41, 5.74) is -0.210. The van der Waals surface area contributed by atoms with E-state index >= 15 is 0 Å². The minimum absolute atomic E-state index is 0.0488. The van der Waals surface area contributed by atoms with Crippen LogP contribution >= 0.6 is 0 Å². The van der Waals surface area contributed by atoms with E-state index in [0.29, 0.717) is 36.9 Å². The fourth-order valence-corrected chi connectivity index (χ4v) is 8.49. The van der Waals surface area contributed by atoms with Crippen LogP contribution in [-0.2, 0) is 14.3 Å². The third kappa shape index (κ3) is 3.26. The van der Waals surface area contributed by atoms with Gasteiger partial charge in [-0.1, -0.05) is 20.8 Å². The van der Waals surface area contributed by atoms with Crippen LogP contribution < -0.4 is 0 Å². The number of rotatable bonds is 4. The number of esters is 1. The smallest absolute Gasteiger partial charge is 0.305 e. The fraction of sp³-hybridized carbons (Fsp3) is 0.920. The zero-order chi connectivity index (χ0) is 21.8. The van der Waals surface area contributed by atoms with Crippen LogP contribution in [0.5, 0.6) is 0 Å². The molecule has 4 aliphatic carbocycles. The Morgan fingerprint density at radius 2 is 1.90 bits per heavy atom. The molecular weight excluding hydrogens is 380 g/mol. The third-order valence-corrected chi connectivity index (χ3v) is 10.3. The summed E-state index contributed by atoms with van der Waals surface area (Å²) in [4.78, 5) is 25.1. The Balaban J connectivity index is 1.59. The molecule has 0 bridgehead atoms. The fourth-order valence-electron chi connectivity index (χ4n) is 8.49. The molecule has 0 spiro atoms. The highest BCUT2D eigenvalue weighted by molar-refractivity contribution is 5.83. The maximum absolute atomic E-state index is 13.4. The van der Waals surface area contributed by atoms with Crippen molar-refractivity contribution >= 4 is 11.8 Å². The average molecular weight is 421 g/mol. The summed E-state index contributed by atoms with van der Waals surface area (Å²) >= 11 is 0. The molecule has 0 aromatic rings. The quantitative estimate of drug-likeness (QED) is 0.677. The first-order valence-corrected chi connectivity index (χ1v) is 12.1. The van der Waals surface area contributed by atoms with Gasteiger partial charge < -0.3 is 14.9 Å². The maximum Gasteiger partial charge on any atom is 0.305 e. The van der Waals surface area contributed by atoms with Crippen LogP contribution in [0.3, 0.4) is 0 Å². The van der Waals surface area contributed by atoms with Gasteiger partial charge in [0.2, 0.25) is 0 Å². The third-order valence-electron chi connectivity index (χ3n) is 10.3. The highest BCUT2D eigenvalue weighted by Crippen LogP contribution is 2.67. The maximum atomic E-state index is 13.4. The highest BCUT2D eigenvalue weighted by Gasteiger charge is 2.65. The van der Waals surface area contributed by atoms with Crippen LogP contribution in [0, 0.1) is 46.3 Å². The van der Waals surface area contributed by atoms with Crippen molar-refractivity contribution in [2.24, 2.45) is 46.3 Å². The zero-order valence-electron chi connectivity index (χ0n) is 19.1. The van der Waals surface area contributed by atoms with Crippen molar-refractivity contribution in [1.82, 2.24) is 0 Å². The summed E-state index contributed by atoms with van der Waals surface area (Å²) in [5.74, 6) is 1.61. The summed E-state index contributed by atoms with van der Waals surface area (Å²) in [6.45, 7) is 6.74. The molecule has 30 heavy (non-hydrogen) atoms. The Morgan fingerprint density at radius 3 is 2.60 bits per heavy atom. The molecule has 0 heterocycles. The van der Waals surface area contributed by atoms with E-state index < -0.39 is 6.10 Å². The van der Waals surface area contributed by atoms with Crippen molar-refractivity contribution in [3.63, 3.8) is 0 Å². The Morgan fingerprint density at radius 1 is 1.17 bits per heavy atom. The van der Waals surface area contributed by atoms with Gasteiger partial charge in [0.05, 0.1) is 19.3 Å². The molecule has 0 aromatic carbocycles. The van der Waals surface area contributed by atoms with Crippen molar-refractivity contribution < 1.29 is 24.5 Å². The van der Waals surface area contributed by atoms with Crippen LogP contribution in [0.25, 0.3) is 0 Å². The number of carbonyl (C=O) groups is 2. The first-order chi connectivity index (χ1) is 14.1. The van der Waals surface area contributed by atoms with E-state index in [1.54, 1.807) is 0 Å². The molecule has 4 saturated carbocycles. The molecule has 2 N–H and O–H groups in total. The second-order valence-corrected chi connectivity index (χ2v) is 11.4. The monoisotopic (exact) mass is 420 g/mol. The van der Waals surface area contributed by atoms with E-state index in [2.05, 4.69) is 20.8 Å². The van der Waals surface area contributed by atoms with Crippen LogP contribution in [0.2, 0.25) is 0 Å². The first-order valence-electron chi connectivity index (χ1n) is 12.1. The second-order valence-electron chi connectivity index (χ2n) is 11.4. The molecule has 0 aromatic heterocycles. The van der Waals surface area contributed by atoms with Crippen molar-refractivity contribution in [2.45, 2.75) is 90.8 Å². The molecule has 0 saturated heterocycles. The number of fused-ring (bicyclic) bond motifs is 5. The number of aliphatic hydroxyl groups excluding tert-OH is 2. The topological polar surface area (TPSA) is 83.8 Å². The van der Waals surface area contributed by atoms with Gasteiger partial charge in [-0.3, -0.25) is 9.59 Å². The summed E-state index contributed by atoms with van der Waals surface area (Å²) < 4.78 is 4.82. The van der Waals surface area contributed by atoms with Gasteiger partial charge in [0.15, 0.2) is 0 Å². The van der Waals surface area contributed by atoms with Gasteiger partial charge in [-0.2, -0.15) is 0 Å². The molecule has 5 heteroatoms. The predicted octanol–water partition coefficient (Wildman–Crippen LogP) is 3.75. The normalized spacial score (nSPS) is 49.0. The number of carbonyl (C=O) groups excluding carboxylic acids is 2. The number of hydrogen-bond acceptors (Lipinski definition) is 5. The molecule has 0 unspecified atom stereocenters. The minimum Gasteiger partial charge on any atom is -0.469 e. The van der Waals surface area contributed by atoms with E-state index in [9.17, 15) is 19.8 Å². The lowest BCUT2D eigenvalue weighted by atomic mass is 9.43. The van der Waals surface area contributed by atoms with Gasteiger partial charge >= 0.3 is 5.97 Å². The van der Waals surface area contributed by atoms with E-state index in [0.717, 1.165) is 38.5 Å². The highest BCUT2D eigenvalue weighted by atomic mass is 16.5. The molecule has 0 amide bonds. The van der Waals surface area contributed by atoms with E-state index in [4.69, 9.17) is 4.74 Å². The molecule has 170 valence electrons. The van der Waals surface area contributed by atoms with Gasteiger partial charge in [0, 0.05) is 24.2 Å². The summed E-state index contributed by atoms with van der Waals surface area (Å²) in [6.07, 6.45) is 6.32. The SMILES string of the molecule is COC(=O)CC[C@@H](C)[C@H]1CC[C@H]2[C@H]3C(=O)C[C@@H]4C[C@H](O)CC[C@]4(C)[C@@H]3C[C@H](O)[C@]12C. The Kier molecular flexibility index (Phi) is 5.85. The number of methoxy groups -OCH3 is 1. The molecule has 4 rings (SSSR count). The van der Waals surface area contributed by atoms with Crippen LogP contribution in [0.15, 0.2) is 0 Å². The first kappa shape index (κ1) is 22.3. The lowest BCUT2D eigenvalue weighted by molar-refractivity contribution is -0.182. The second kappa shape index (κ2) is 7.88. The average Bonchev–Trinajstić information content (AvgIpc) is 3.06.